The van der Waals surface area contributed by atoms with Crippen molar-refractivity contribution in [3.05, 3.63) is 47.5 Å². The summed E-state index contributed by atoms with van der Waals surface area (Å²) in [6.07, 6.45) is 5.21. The third-order valence-corrected chi connectivity index (χ3v) is 5.47. The third-order valence-electron chi connectivity index (χ3n) is 5.47. The summed E-state index contributed by atoms with van der Waals surface area (Å²) in [6.45, 7) is 5.01. The highest BCUT2D eigenvalue weighted by molar-refractivity contribution is 5.78. The van der Waals surface area contributed by atoms with Crippen LogP contribution in [0, 0.1) is 0 Å². The lowest BCUT2D eigenvalue weighted by Crippen LogP contribution is -2.43. The van der Waals surface area contributed by atoms with Crippen molar-refractivity contribution in [2.24, 2.45) is 0 Å². The Morgan fingerprint density at radius 2 is 1.73 bits per heavy atom. The van der Waals surface area contributed by atoms with Crippen LogP contribution in [0.3, 0.4) is 0 Å². The second-order valence-electron chi connectivity index (χ2n) is 7.31. The molecule has 2 aromatic rings. The number of aromatic nitrogens is 3. The Kier molecular flexibility index (Phi) is 5.29. The van der Waals surface area contributed by atoms with Crippen LogP contribution < -0.4 is 0 Å². The Bertz CT molecular complexity index is 736. The van der Waals surface area contributed by atoms with Crippen molar-refractivity contribution in [2.45, 2.75) is 38.6 Å². The average molecular weight is 353 g/mol. The molecule has 0 atom stereocenters. The monoisotopic (exact) mass is 353 g/mol. The van der Waals surface area contributed by atoms with Crippen LogP contribution in [-0.2, 0) is 24.2 Å². The maximum atomic E-state index is 12.5. The fourth-order valence-corrected chi connectivity index (χ4v) is 3.93. The summed E-state index contributed by atoms with van der Waals surface area (Å²) in [5.41, 5.74) is 1.25. The minimum absolute atomic E-state index is 0.284. The maximum absolute atomic E-state index is 12.5. The van der Waals surface area contributed by atoms with Gasteiger partial charge in [-0.2, -0.15) is 0 Å². The molecule has 0 unspecified atom stereocenters. The number of amides is 1. The van der Waals surface area contributed by atoms with Gasteiger partial charge in [-0.3, -0.25) is 9.69 Å². The van der Waals surface area contributed by atoms with Gasteiger partial charge in [0.1, 0.15) is 11.6 Å². The predicted octanol–water partition coefficient (Wildman–Crippen LogP) is 1.74. The zero-order valence-corrected chi connectivity index (χ0v) is 15.3. The van der Waals surface area contributed by atoms with E-state index in [1.165, 1.54) is 12.0 Å². The maximum Gasteiger partial charge on any atom is 0.236 e. The van der Waals surface area contributed by atoms with Crippen molar-refractivity contribution in [2.75, 3.05) is 32.7 Å². The first kappa shape index (κ1) is 17.2. The number of likely N-dealkylation sites (tertiary alicyclic amines) is 1. The standard InChI is InChI=1S/C20H27N5O/c26-20(24-10-5-2-6-11-24)16-23-12-9-18-21-22-19(25(18)14-13-23)15-17-7-3-1-4-8-17/h1,3-4,7-8H,2,5-6,9-16H2. The van der Waals surface area contributed by atoms with Crippen LogP contribution >= 0.6 is 0 Å². The lowest BCUT2D eigenvalue weighted by molar-refractivity contribution is -0.133. The summed E-state index contributed by atoms with van der Waals surface area (Å²) in [6, 6.07) is 10.4. The zero-order valence-electron chi connectivity index (χ0n) is 15.3. The van der Waals surface area contributed by atoms with E-state index in [1.54, 1.807) is 0 Å². The quantitative estimate of drug-likeness (QED) is 0.840. The minimum Gasteiger partial charge on any atom is -0.342 e. The second-order valence-corrected chi connectivity index (χ2v) is 7.31. The van der Waals surface area contributed by atoms with E-state index in [1.807, 2.05) is 11.0 Å². The smallest absolute Gasteiger partial charge is 0.236 e. The molecule has 26 heavy (non-hydrogen) atoms. The molecule has 6 heteroatoms. The number of hydrogen-bond acceptors (Lipinski definition) is 4. The van der Waals surface area contributed by atoms with E-state index in [0.717, 1.165) is 70.1 Å². The van der Waals surface area contributed by atoms with Crippen LogP contribution in [0.1, 0.15) is 36.5 Å². The lowest BCUT2D eigenvalue weighted by atomic mass is 10.1. The van der Waals surface area contributed by atoms with E-state index in [2.05, 4.69) is 43.9 Å². The molecular formula is C20H27N5O. The van der Waals surface area contributed by atoms with Crippen molar-refractivity contribution in [3.63, 3.8) is 0 Å². The summed E-state index contributed by atoms with van der Waals surface area (Å²) in [5.74, 6) is 2.35. The molecular weight excluding hydrogens is 326 g/mol. The van der Waals surface area contributed by atoms with Gasteiger partial charge >= 0.3 is 0 Å². The first-order chi connectivity index (χ1) is 12.8. The Hall–Kier alpha value is -2.21. The number of nitrogens with zero attached hydrogens (tertiary/aromatic N) is 5. The molecule has 4 rings (SSSR count). The second kappa shape index (κ2) is 7.99. The third kappa shape index (κ3) is 3.96. The average Bonchev–Trinajstić information content (AvgIpc) is 2.95. The Balaban J connectivity index is 1.37. The van der Waals surface area contributed by atoms with E-state index >= 15 is 0 Å². The van der Waals surface area contributed by atoms with Crippen molar-refractivity contribution >= 4 is 5.91 Å². The largest absolute Gasteiger partial charge is 0.342 e. The highest BCUT2D eigenvalue weighted by Crippen LogP contribution is 2.14. The Labute approximate surface area is 154 Å². The SMILES string of the molecule is O=C(CN1CCc2nnc(Cc3ccccc3)n2CC1)N1CCCCC1. The van der Waals surface area contributed by atoms with E-state index in [9.17, 15) is 4.79 Å². The Morgan fingerprint density at radius 3 is 2.54 bits per heavy atom. The highest BCUT2D eigenvalue weighted by Gasteiger charge is 2.23. The van der Waals surface area contributed by atoms with Crippen LogP contribution in [0.4, 0.5) is 0 Å². The van der Waals surface area contributed by atoms with E-state index < -0.39 is 0 Å². The number of rotatable bonds is 4. The van der Waals surface area contributed by atoms with Crippen LogP contribution in [0.5, 0.6) is 0 Å². The van der Waals surface area contributed by atoms with Gasteiger partial charge in [-0.15, -0.1) is 10.2 Å². The molecule has 3 heterocycles. The van der Waals surface area contributed by atoms with Crippen LogP contribution in [0.15, 0.2) is 30.3 Å². The van der Waals surface area contributed by atoms with Crippen LogP contribution in [-0.4, -0.2) is 63.2 Å². The molecule has 0 spiro atoms. The summed E-state index contributed by atoms with van der Waals surface area (Å²) >= 11 is 0. The molecule has 0 bridgehead atoms. The zero-order chi connectivity index (χ0) is 17.8. The van der Waals surface area contributed by atoms with Gasteiger partial charge in [0.25, 0.3) is 0 Å². The first-order valence-corrected chi connectivity index (χ1v) is 9.74. The highest BCUT2D eigenvalue weighted by atomic mass is 16.2. The fourth-order valence-electron chi connectivity index (χ4n) is 3.93. The molecule has 1 aromatic heterocycles. The normalized spacial score (nSPS) is 18.4. The van der Waals surface area contributed by atoms with Gasteiger partial charge in [-0.25, -0.2) is 0 Å². The molecule has 0 saturated carbocycles. The molecule has 2 aliphatic heterocycles. The number of carbonyl (C=O) groups is 1. The fraction of sp³-hybridized carbons (Fsp3) is 0.550. The molecule has 2 aliphatic rings. The molecule has 0 radical (unpaired) electrons. The molecule has 1 aromatic carbocycles. The van der Waals surface area contributed by atoms with Gasteiger partial charge in [-0.1, -0.05) is 30.3 Å². The molecule has 6 nitrogen and oxygen atoms in total. The number of hydrogen-bond donors (Lipinski definition) is 0. The van der Waals surface area contributed by atoms with Gasteiger partial charge in [0.2, 0.25) is 5.91 Å². The first-order valence-electron chi connectivity index (χ1n) is 9.74. The lowest BCUT2D eigenvalue weighted by Gasteiger charge is -2.29. The van der Waals surface area contributed by atoms with Crippen molar-refractivity contribution in [1.82, 2.24) is 24.6 Å². The number of fused-ring (bicyclic) bond motifs is 1. The Morgan fingerprint density at radius 1 is 0.923 bits per heavy atom. The topological polar surface area (TPSA) is 54.3 Å². The van der Waals surface area contributed by atoms with Crippen molar-refractivity contribution in [3.8, 4) is 0 Å². The molecule has 1 saturated heterocycles. The summed E-state index contributed by atoms with van der Waals surface area (Å²) in [4.78, 5) is 16.9. The van der Waals surface area contributed by atoms with Crippen LogP contribution in [0.2, 0.25) is 0 Å². The minimum atomic E-state index is 0.284. The predicted molar refractivity (Wildman–Crippen MR) is 99.8 cm³/mol. The summed E-state index contributed by atoms with van der Waals surface area (Å²) in [7, 11) is 0. The summed E-state index contributed by atoms with van der Waals surface area (Å²) in [5, 5.41) is 8.82. The van der Waals surface area contributed by atoms with E-state index in [0.29, 0.717) is 6.54 Å². The van der Waals surface area contributed by atoms with E-state index in [-0.39, 0.29) is 5.91 Å². The van der Waals surface area contributed by atoms with Crippen molar-refractivity contribution in [1.29, 1.82) is 0 Å². The molecule has 0 aliphatic carbocycles. The van der Waals surface area contributed by atoms with E-state index in [4.69, 9.17) is 0 Å². The van der Waals surface area contributed by atoms with Gasteiger partial charge in [0, 0.05) is 45.6 Å². The van der Waals surface area contributed by atoms with Gasteiger partial charge in [0.05, 0.1) is 6.54 Å². The molecule has 1 amide bonds. The van der Waals surface area contributed by atoms with Gasteiger partial charge in [0.15, 0.2) is 0 Å². The molecule has 0 N–H and O–H groups in total. The number of piperidine rings is 1. The molecule has 138 valence electrons. The van der Waals surface area contributed by atoms with Gasteiger partial charge in [-0.05, 0) is 24.8 Å². The van der Waals surface area contributed by atoms with Gasteiger partial charge < -0.3 is 9.47 Å². The number of carbonyl (C=O) groups excluding carboxylic acids is 1. The van der Waals surface area contributed by atoms with Crippen LogP contribution in [0.25, 0.3) is 0 Å². The van der Waals surface area contributed by atoms with Crippen molar-refractivity contribution < 1.29 is 4.79 Å². The number of benzene rings is 1. The summed E-state index contributed by atoms with van der Waals surface area (Å²) < 4.78 is 2.25. The molecule has 1 fully saturated rings.